The van der Waals surface area contributed by atoms with Crippen LogP contribution in [0.5, 0.6) is 11.5 Å². The van der Waals surface area contributed by atoms with Gasteiger partial charge in [0.1, 0.15) is 13.2 Å². The lowest BCUT2D eigenvalue weighted by atomic mass is 10.1. The fraction of sp³-hybridized carbons (Fsp3) is 0.150. The average molecular weight is 360 g/mol. The number of H-pyrrole nitrogens is 1. The Kier molecular flexibility index (Phi) is 3.64. The molecule has 0 amide bonds. The Balaban J connectivity index is 1.54. The van der Waals surface area contributed by atoms with Crippen molar-refractivity contribution in [1.82, 2.24) is 19.6 Å². The Morgan fingerprint density at radius 1 is 1.00 bits per heavy atom. The molecule has 1 aliphatic heterocycles. The van der Waals surface area contributed by atoms with Crippen LogP contribution < -0.4 is 15.0 Å². The van der Waals surface area contributed by atoms with Gasteiger partial charge in [-0.1, -0.05) is 30.3 Å². The summed E-state index contributed by atoms with van der Waals surface area (Å²) in [7, 11) is 0. The molecule has 0 fully saturated rings. The molecule has 1 N–H and O–H groups in total. The van der Waals surface area contributed by atoms with Crippen LogP contribution in [0, 0.1) is 0 Å². The first-order valence-corrected chi connectivity index (χ1v) is 8.69. The second-order valence-corrected chi connectivity index (χ2v) is 6.31. The number of rotatable bonds is 3. The third-order valence-electron chi connectivity index (χ3n) is 4.43. The standard InChI is InChI=1S/C20H16N4O3/c25-19-12-15(14-6-7-16-17(11-14)27-9-8-26-16)21-20-22-18(23-24(19)20)10-13-4-2-1-3-5-13/h1-7,11-12H,8-10H2,(H,21,22,23). The molecule has 0 unspecified atom stereocenters. The number of benzene rings is 2. The van der Waals surface area contributed by atoms with E-state index in [9.17, 15) is 4.79 Å². The topological polar surface area (TPSA) is 81.5 Å². The van der Waals surface area contributed by atoms with Crippen LogP contribution in [0.1, 0.15) is 11.4 Å². The molecular formula is C20H16N4O3. The highest BCUT2D eigenvalue weighted by atomic mass is 16.6. The summed E-state index contributed by atoms with van der Waals surface area (Å²) < 4.78 is 12.5. The molecule has 0 atom stereocenters. The maximum Gasteiger partial charge on any atom is 0.276 e. The molecule has 0 aliphatic carbocycles. The van der Waals surface area contributed by atoms with Crippen LogP contribution in [-0.4, -0.2) is 32.8 Å². The van der Waals surface area contributed by atoms with Gasteiger partial charge < -0.3 is 14.5 Å². The molecule has 27 heavy (non-hydrogen) atoms. The molecule has 0 saturated carbocycles. The lowest BCUT2D eigenvalue weighted by molar-refractivity contribution is 0.171. The molecule has 134 valence electrons. The normalized spacial score (nSPS) is 13.0. The van der Waals surface area contributed by atoms with E-state index in [4.69, 9.17) is 9.47 Å². The number of nitrogens with one attached hydrogen (secondary N) is 1. The average Bonchev–Trinajstić information content (AvgIpc) is 3.11. The fourth-order valence-electron chi connectivity index (χ4n) is 3.15. The molecule has 0 spiro atoms. The first-order valence-electron chi connectivity index (χ1n) is 8.69. The molecule has 4 aromatic rings. The quantitative estimate of drug-likeness (QED) is 0.607. The van der Waals surface area contributed by atoms with Crippen molar-refractivity contribution in [2.45, 2.75) is 6.42 Å². The first-order chi connectivity index (χ1) is 13.3. The second kappa shape index (κ2) is 6.28. The van der Waals surface area contributed by atoms with Crippen LogP contribution in [0.4, 0.5) is 0 Å². The van der Waals surface area contributed by atoms with Crippen LogP contribution in [-0.2, 0) is 6.42 Å². The lowest BCUT2D eigenvalue weighted by Gasteiger charge is -2.18. The summed E-state index contributed by atoms with van der Waals surface area (Å²) in [4.78, 5) is 20.2. The molecular weight excluding hydrogens is 344 g/mol. The van der Waals surface area contributed by atoms with Crippen LogP contribution >= 0.6 is 0 Å². The Labute approximate surface area is 154 Å². The SMILES string of the molecule is O=c1cc(-c2ccc3c(c2)OCCO3)[nH]c2nc(Cc3ccccc3)nn12. The number of fused-ring (bicyclic) bond motifs is 2. The van der Waals surface area contributed by atoms with Crippen LogP contribution in [0.25, 0.3) is 17.0 Å². The monoisotopic (exact) mass is 360 g/mol. The number of hydrogen-bond acceptors (Lipinski definition) is 5. The van der Waals surface area contributed by atoms with Gasteiger partial charge in [-0.25, -0.2) is 0 Å². The maximum atomic E-state index is 12.5. The summed E-state index contributed by atoms with van der Waals surface area (Å²) in [5, 5.41) is 4.33. The number of nitrogens with zero attached hydrogens (tertiary/aromatic N) is 3. The van der Waals surface area contributed by atoms with E-state index in [2.05, 4.69) is 15.1 Å². The summed E-state index contributed by atoms with van der Waals surface area (Å²) in [5.74, 6) is 2.39. The Hall–Kier alpha value is -3.61. The predicted octanol–water partition coefficient (Wildman–Crippen LogP) is 2.45. The van der Waals surface area contributed by atoms with Gasteiger partial charge in [0.15, 0.2) is 17.3 Å². The minimum Gasteiger partial charge on any atom is -0.486 e. The number of aromatic amines is 1. The highest BCUT2D eigenvalue weighted by Gasteiger charge is 2.14. The largest absolute Gasteiger partial charge is 0.486 e. The first kappa shape index (κ1) is 15.6. The molecule has 2 aromatic heterocycles. The van der Waals surface area contributed by atoms with E-state index >= 15 is 0 Å². The molecule has 1 aliphatic rings. The molecule has 7 nitrogen and oxygen atoms in total. The van der Waals surface area contributed by atoms with Gasteiger partial charge in [0.2, 0.25) is 5.78 Å². The molecule has 0 bridgehead atoms. The third kappa shape index (κ3) is 2.93. The third-order valence-corrected chi connectivity index (χ3v) is 4.43. The van der Waals surface area contributed by atoms with Crippen molar-refractivity contribution in [1.29, 1.82) is 0 Å². The van der Waals surface area contributed by atoms with E-state index in [0.29, 0.717) is 48.4 Å². The van der Waals surface area contributed by atoms with E-state index in [0.717, 1.165) is 11.1 Å². The summed E-state index contributed by atoms with van der Waals surface area (Å²) in [6, 6.07) is 17.0. The Morgan fingerprint density at radius 3 is 2.67 bits per heavy atom. The fourth-order valence-corrected chi connectivity index (χ4v) is 3.15. The van der Waals surface area contributed by atoms with Gasteiger partial charge in [-0.05, 0) is 23.8 Å². The van der Waals surface area contributed by atoms with E-state index in [1.54, 1.807) is 0 Å². The van der Waals surface area contributed by atoms with E-state index in [1.807, 2.05) is 48.5 Å². The van der Waals surface area contributed by atoms with Crippen molar-refractivity contribution in [3.05, 3.63) is 76.3 Å². The van der Waals surface area contributed by atoms with E-state index in [1.165, 1.54) is 10.6 Å². The van der Waals surface area contributed by atoms with Gasteiger partial charge >= 0.3 is 0 Å². The van der Waals surface area contributed by atoms with Crippen molar-refractivity contribution >= 4 is 5.78 Å². The van der Waals surface area contributed by atoms with Gasteiger partial charge in [-0.3, -0.25) is 4.79 Å². The minimum absolute atomic E-state index is 0.236. The van der Waals surface area contributed by atoms with Gasteiger partial charge in [0, 0.05) is 18.1 Å². The summed E-state index contributed by atoms with van der Waals surface area (Å²) >= 11 is 0. The maximum absolute atomic E-state index is 12.5. The molecule has 7 heteroatoms. The number of hydrogen-bond donors (Lipinski definition) is 1. The number of aromatic nitrogens is 4. The van der Waals surface area contributed by atoms with Crippen LogP contribution in [0.3, 0.4) is 0 Å². The van der Waals surface area contributed by atoms with Gasteiger partial charge in [0.05, 0.1) is 5.69 Å². The molecule has 2 aromatic carbocycles. The zero-order valence-electron chi connectivity index (χ0n) is 14.4. The van der Waals surface area contributed by atoms with Crippen molar-refractivity contribution in [3.63, 3.8) is 0 Å². The second-order valence-electron chi connectivity index (χ2n) is 6.31. The summed E-state index contributed by atoms with van der Waals surface area (Å²) in [6.07, 6.45) is 0.565. The van der Waals surface area contributed by atoms with Crippen molar-refractivity contribution in [2.75, 3.05) is 13.2 Å². The molecule has 0 radical (unpaired) electrons. The summed E-state index contributed by atoms with van der Waals surface area (Å²) in [5.41, 5.74) is 2.34. The predicted molar refractivity (Wildman–Crippen MR) is 99.3 cm³/mol. The van der Waals surface area contributed by atoms with Crippen molar-refractivity contribution in [2.24, 2.45) is 0 Å². The van der Waals surface area contributed by atoms with E-state index in [-0.39, 0.29) is 5.56 Å². The van der Waals surface area contributed by atoms with E-state index < -0.39 is 0 Å². The van der Waals surface area contributed by atoms with Crippen molar-refractivity contribution < 1.29 is 9.47 Å². The molecule has 5 rings (SSSR count). The molecule has 0 saturated heterocycles. The van der Waals surface area contributed by atoms with Gasteiger partial charge in [0.25, 0.3) is 5.56 Å². The number of ether oxygens (including phenoxy) is 2. The smallest absolute Gasteiger partial charge is 0.276 e. The summed E-state index contributed by atoms with van der Waals surface area (Å²) in [6.45, 7) is 1.05. The lowest BCUT2D eigenvalue weighted by Crippen LogP contribution is -2.16. The van der Waals surface area contributed by atoms with Gasteiger partial charge in [-0.15, -0.1) is 5.10 Å². The van der Waals surface area contributed by atoms with Crippen LogP contribution in [0.15, 0.2) is 59.4 Å². The zero-order valence-corrected chi connectivity index (χ0v) is 14.4. The highest BCUT2D eigenvalue weighted by Crippen LogP contribution is 2.33. The van der Waals surface area contributed by atoms with Crippen molar-refractivity contribution in [3.8, 4) is 22.8 Å². The van der Waals surface area contributed by atoms with Crippen LogP contribution in [0.2, 0.25) is 0 Å². The Morgan fingerprint density at radius 2 is 1.81 bits per heavy atom. The minimum atomic E-state index is -0.236. The van der Waals surface area contributed by atoms with Gasteiger partial charge in [-0.2, -0.15) is 9.50 Å². The molecule has 3 heterocycles. The Bertz CT molecular complexity index is 1180. The highest BCUT2D eigenvalue weighted by molar-refractivity contribution is 5.65. The zero-order chi connectivity index (χ0) is 18.2.